The molecule has 2 aromatic rings. The molecule has 0 aliphatic heterocycles. The fraction of sp³-hybridized carbons (Fsp3) is 0.353. The van der Waals surface area contributed by atoms with E-state index >= 15 is 0 Å². The van der Waals surface area contributed by atoms with Crippen LogP contribution in [0.25, 0.3) is 0 Å². The Morgan fingerprint density at radius 3 is 2.75 bits per heavy atom. The highest BCUT2D eigenvalue weighted by molar-refractivity contribution is 7.09. The first-order valence-corrected chi connectivity index (χ1v) is 8.48. The number of carbonyl (C=O) groups is 2. The number of carbonyl (C=O) groups excluding carboxylic acids is 2. The Hall–Kier alpha value is -2.28. The lowest BCUT2D eigenvalue weighted by molar-refractivity contribution is 0.0520. The summed E-state index contributed by atoms with van der Waals surface area (Å²) in [5, 5.41) is 2.23. The summed E-state index contributed by atoms with van der Waals surface area (Å²) in [6.45, 7) is 6.00. The van der Waals surface area contributed by atoms with Gasteiger partial charge in [0, 0.05) is 17.0 Å². The molecule has 2 rings (SSSR count). The first-order chi connectivity index (χ1) is 11.4. The number of rotatable bonds is 6. The molecule has 0 aliphatic rings. The Morgan fingerprint density at radius 1 is 1.38 bits per heavy atom. The van der Waals surface area contributed by atoms with Crippen molar-refractivity contribution in [2.24, 2.45) is 0 Å². The summed E-state index contributed by atoms with van der Waals surface area (Å²) >= 11 is 1.29. The van der Waals surface area contributed by atoms with E-state index in [0.717, 1.165) is 0 Å². The lowest BCUT2D eigenvalue weighted by Gasteiger charge is -2.26. The zero-order valence-corrected chi connectivity index (χ0v) is 14.6. The third-order valence-electron chi connectivity index (χ3n) is 3.30. The lowest BCUT2D eigenvalue weighted by atomic mass is 10.1. The molecule has 0 aliphatic carbocycles. The van der Waals surface area contributed by atoms with E-state index in [4.69, 9.17) is 4.74 Å². The van der Waals surface area contributed by atoms with Crippen LogP contribution in [0.1, 0.15) is 46.6 Å². The zero-order valence-electron chi connectivity index (χ0n) is 13.8. The monoisotopic (exact) mass is 350 g/mol. The van der Waals surface area contributed by atoms with Gasteiger partial charge in [0.05, 0.1) is 13.2 Å². The molecule has 1 aromatic heterocycles. The highest BCUT2D eigenvalue weighted by Crippen LogP contribution is 2.18. The van der Waals surface area contributed by atoms with Gasteiger partial charge in [-0.1, -0.05) is 6.07 Å². The van der Waals surface area contributed by atoms with Crippen LogP contribution < -0.4 is 0 Å². The van der Waals surface area contributed by atoms with Crippen LogP contribution in [-0.2, 0) is 11.3 Å². The maximum Gasteiger partial charge on any atom is 0.357 e. The third-order valence-corrected chi connectivity index (χ3v) is 4.13. The number of nitrogens with zero attached hydrogens (tertiary/aromatic N) is 2. The summed E-state index contributed by atoms with van der Waals surface area (Å²) in [7, 11) is 0. The Labute approximate surface area is 144 Å². The maximum atomic E-state index is 13.4. The molecule has 128 valence electrons. The van der Waals surface area contributed by atoms with Gasteiger partial charge in [0.25, 0.3) is 5.91 Å². The van der Waals surface area contributed by atoms with Crippen molar-refractivity contribution in [2.75, 3.05) is 6.61 Å². The predicted molar refractivity (Wildman–Crippen MR) is 89.5 cm³/mol. The van der Waals surface area contributed by atoms with E-state index in [9.17, 15) is 14.0 Å². The molecular weight excluding hydrogens is 331 g/mol. The van der Waals surface area contributed by atoms with E-state index < -0.39 is 11.8 Å². The van der Waals surface area contributed by atoms with Crippen molar-refractivity contribution in [2.45, 2.75) is 33.4 Å². The predicted octanol–water partition coefficient (Wildman–Crippen LogP) is 3.51. The highest BCUT2D eigenvalue weighted by Gasteiger charge is 2.21. The number of ether oxygens (including phenoxy) is 1. The number of thiazole rings is 1. The van der Waals surface area contributed by atoms with E-state index in [1.54, 1.807) is 23.3 Å². The first-order valence-electron chi connectivity index (χ1n) is 7.60. The molecule has 0 saturated heterocycles. The average molecular weight is 350 g/mol. The normalized spacial score (nSPS) is 10.7. The minimum absolute atomic E-state index is 0.101. The molecule has 0 atom stereocenters. The van der Waals surface area contributed by atoms with Crippen LogP contribution in [0.5, 0.6) is 0 Å². The third kappa shape index (κ3) is 4.38. The first kappa shape index (κ1) is 18.1. The van der Waals surface area contributed by atoms with Crippen LogP contribution in [-0.4, -0.2) is 34.4 Å². The molecule has 0 bridgehead atoms. The standard InChI is InChI=1S/C17H19FN2O3S/c1-4-23-17(22)14-10-24-15(19-14)9-20(11(2)3)16(21)12-6-5-7-13(18)8-12/h5-8,10-11H,4,9H2,1-3H3. The van der Waals surface area contributed by atoms with Crippen LogP contribution in [0, 0.1) is 5.82 Å². The second-order valence-corrected chi connectivity index (χ2v) is 6.33. The van der Waals surface area contributed by atoms with E-state index in [-0.39, 0.29) is 36.4 Å². The Balaban J connectivity index is 2.17. The molecule has 1 heterocycles. The van der Waals surface area contributed by atoms with Gasteiger partial charge in [-0.3, -0.25) is 4.79 Å². The molecule has 0 spiro atoms. The molecule has 0 saturated carbocycles. The fourth-order valence-corrected chi connectivity index (χ4v) is 2.87. The molecule has 24 heavy (non-hydrogen) atoms. The van der Waals surface area contributed by atoms with E-state index in [1.807, 2.05) is 13.8 Å². The smallest absolute Gasteiger partial charge is 0.357 e. The van der Waals surface area contributed by atoms with Gasteiger partial charge in [-0.2, -0.15) is 0 Å². The lowest BCUT2D eigenvalue weighted by Crippen LogP contribution is -2.36. The maximum absolute atomic E-state index is 13.4. The largest absolute Gasteiger partial charge is 0.461 e. The second-order valence-electron chi connectivity index (χ2n) is 5.38. The Bertz CT molecular complexity index is 730. The van der Waals surface area contributed by atoms with Gasteiger partial charge in [-0.05, 0) is 39.0 Å². The number of hydrogen-bond donors (Lipinski definition) is 0. The quantitative estimate of drug-likeness (QED) is 0.748. The fourth-order valence-electron chi connectivity index (χ4n) is 2.10. The molecule has 0 fully saturated rings. The van der Waals surface area contributed by atoms with Crippen LogP contribution in [0.2, 0.25) is 0 Å². The zero-order chi connectivity index (χ0) is 17.7. The SMILES string of the molecule is CCOC(=O)c1csc(CN(C(=O)c2cccc(F)c2)C(C)C)n1. The number of esters is 1. The van der Waals surface area contributed by atoms with Gasteiger partial charge < -0.3 is 9.64 Å². The number of benzene rings is 1. The van der Waals surface area contributed by atoms with Crippen molar-refractivity contribution in [1.29, 1.82) is 0 Å². The summed E-state index contributed by atoms with van der Waals surface area (Å²) in [5.74, 6) is -1.21. The van der Waals surface area contributed by atoms with Crippen molar-refractivity contribution in [1.82, 2.24) is 9.88 Å². The molecular formula is C17H19FN2O3S. The van der Waals surface area contributed by atoms with Crippen LogP contribution in [0.15, 0.2) is 29.6 Å². The molecule has 0 radical (unpaired) electrons. The van der Waals surface area contributed by atoms with Crippen molar-refractivity contribution >= 4 is 23.2 Å². The number of halogens is 1. The summed E-state index contributed by atoms with van der Waals surface area (Å²) in [6, 6.07) is 5.48. The molecule has 5 nitrogen and oxygen atoms in total. The number of aromatic nitrogens is 1. The Morgan fingerprint density at radius 2 is 2.12 bits per heavy atom. The summed E-state index contributed by atoms with van der Waals surface area (Å²) in [4.78, 5) is 30.1. The van der Waals surface area contributed by atoms with E-state index in [1.165, 1.54) is 29.5 Å². The second kappa shape index (κ2) is 8.01. The van der Waals surface area contributed by atoms with Gasteiger partial charge in [0.15, 0.2) is 5.69 Å². The molecule has 0 N–H and O–H groups in total. The molecule has 7 heteroatoms. The van der Waals surface area contributed by atoms with Crippen molar-refractivity contribution in [3.63, 3.8) is 0 Å². The van der Waals surface area contributed by atoms with Gasteiger partial charge >= 0.3 is 5.97 Å². The summed E-state index contributed by atoms with van der Waals surface area (Å²) < 4.78 is 18.3. The Kier molecular flexibility index (Phi) is 6.03. The van der Waals surface area contributed by atoms with Crippen molar-refractivity contribution in [3.8, 4) is 0 Å². The minimum atomic E-state index is -0.479. The van der Waals surface area contributed by atoms with Crippen molar-refractivity contribution < 1.29 is 18.7 Å². The van der Waals surface area contributed by atoms with Gasteiger partial charge in [-0.25, -0.2) is 14.2 Å². The van der Waals surface area contributed by atoms with Crippen molar-refractivity contribution in [3.05, 3.63) is 51.7 Å². The van der Waals surface area contributed by atoms with Crippen LogP contribution in [0.4, 0.5) is 4.39 Å². The summed E-state index contributed by atoms with van der Waals surface area (Å²) in [5.41, 5.74) is 0.518. The summed E-state index contributed by atoms with van der Waals surface area (Å²) in [6.07, 6.45) is 0. The van der Waals surface area contributed by atoms with Gasteiger partial charge in [0.2, 0.25) is 0 Å². The van der Waals surface area contributed by atoms with Crippen LogP contribution >= 0.6 is 11.3 Å². The van der Waals surface area contributed by atoms with E-state index in [2.05, 4.69) is 4.98 Å². The van der Waals surface area contributed by atoms with Gasteiger partial charge in [0.1, 0.15) is 10.8 Å². The topological polar surface area (TPSA) is 59.5 Å². The molecule has 0 unspecified atom stereocenters. The van der Waals surface area contributed by atoms with Gasteiger partial charge in [-0.15, -0.1) is 11.3 Å². The number of amides is 1. The molecule has 1 aromatic carbocycles. The number of hydrogen-bond acceptors (Lipinski definition) is 5. The minimum Gasteiger partial charge on any atom is -0.461 e. The van der Waals surface area contributed by atoms with E-state index in [0.29, 0.717) is 5.01 Å². The molecule has 1 amide bonds. The van der Waals surface area contributed by atoms with Crippen LogP contribution in [0.3, 0.4) is 0 Å². The average Bonchev–Trinajstić information content (AvgIpc) is 3.01. The highest BCUT2D eigenvalue weighted by atomic mass is 32.1.